The second kappa shape index (κ2) is 7.52. The molecule has 7 heteroatoms. The molecule has 1 aliphatic rings. The molecule has 1 aliphatic heterocycles. The average molecular weight is 321 g/mol. The van der Waals surface area contributed by atoms with Crippen molar-refractivity contribution in [2.75, 3.05) is 20.2 Å². The van der Waals surface area contributed by atoms with Crippen LogP contribution in [0.1, 0.15) is 30.7 Å². The zero-order valence-corrected chi connectivity index (χ0v) is 13.0. The first kappa shape index (κ1) is 15.9. The number of nitrogens with one attached hydrogen (secondary N) is 1. The molecule has 1 atom stereocenters. The van der Waals surface area contributed by atoms with Crippen LogP contribution in [-0.2, 0) is 11.3 Å². The van der Waals surface area contributed by atoms with Gasteiger partial charge in [0.1, 0.15) is 17.7 Å². The minimum Gasteiger partial charge on any atom is -0.485 e. The van der Waals surface area contributed by atoms with Crippen LogP contribution in [-0.4, -0.2) is 30.3 Å². The molecule has 6 nitrogen and oxygen atoms in total. The van der Waals surface area contributed by atoms with Crippen molar-refractivity contribution in [1.82, 2.24) is 15.5 Å². The molecule has 1 aromatic heterocycles. The number of halogens is 1. The van der Waals surface area contributed by atoms with Crippen LogP contribution in [0.2, 0.25) is 0 Å². The van der Waals surface area contributed by atoms with Crippen molar-refractivity contribution in [3.8, 4) is 5.75 Å². The van der Waals surface area contributed by atoms with Gasteiger partial charge in [0.25, 0.3) is 5.89 Å². The van der Waals surface area contributed by atoms with Crippen LogP contribution in [0.5, 0.6) is 5.75 Å². The van der Waals surface area contributed by atoms with Crippen LogP contribution in [0, 0.1) is 11.7 Å². The van der Waals surface area contributed by atoms with Crippen LogP contribution in [0.25, 0.3) is 0 Å². The number of nitrogens with zero attached hydrogens (tertiary/aromatic N) is 2. The van der Waals surface area contributed by atoms with Gasteiger partial charge < -0.3 is 19.3 Å². The Labute approximate surface area is 134 Å². The van der Waals surface area contributed by atoms with E-state index >= 15 is 0 Å². The summed E-state index contributed by atoms with van der Waals surface area (Å²) in [5.41, 5.74) is 0. The molecule has 2 heterocycles. The summed E-state index contributed by atoms with van der Waals surface area (Å²) in [7, 11) is 1.65. The van der Waals surface area contributed by atoms with E-state index < -0.39 is 0 Å². The van der Waals surface area contributed by atoms with Gasteiger partial charge in [-0.05, 0) is 44.0 Å². The maximum absolute atomic E-state index is 13.1. The van der Waals surface area contributed by atoms with E-state index in [1.807, 2.05) is 0 Å². The number of piperidine rings is 1. The zero-order chi connectivity index (χ0) is 16.1. The molecular weight excluding hydrogens is 301 g/mol. The molecule has 124 valence electrons. The van der Waals surface area contributed by atoms with E-state index in [4.69, 9.17) is 14.0 Å². The largest absolute Gasteiger partial charge is 0.485 e. The minimum absolute atomic E-state index is 0.121. The summed E-state index contributed by atoms with van der Waals surface area (Å²) in [4.78, 5) is 4.35. The van der Waals surface area contributed by atoms with Gasteiger partial charge in [-0.1, -0.05) is 11.2 Å². The first-order valence-corrected chi connectivity index (χ1v) is 7.70. The number of aromatic nitrogens is 2. The Balaban J connectivity index is 1.62. The summed E-state index contributed by atoms with van der Waals surface area (Å²) in [6.07, 6.45) is 1.82. The first-order valence-electron chi connectivity index (χ1n) is 7.70. The molecular formula is C16H20FN3O3. The number of ether oxygens (including phenoxy) is 2. The first-order chi connectivity index (χ1) is 11.3. The lowest BCUT2D eigenvalue weighted by molar-refractivity contribution is 0.0145. The molecule has 0 spiro atoms. The van der Waals surface area contributed by atoms with Gasteiger partial charge in [0.2, 0.25) is 5.82 Å². The Kier molecular flexibility index (Phi) is 5.19. The average Bonchev–Trinajstić information content (AvgIpc) is 3.03. The SMILES string of the molecule is COC(c1nc(COc2cccc(F)c2)no1)C1CCNCC1. The van der Waals surface area contributed by atoms with Crippen molar-refractivity contribution in [1.29, 1.82) is 0 Å². The van der Waals surface area contributed by atoms with E-state index in [1.165, 1.54) is 12.1 Å². The van der Waals surface area contributed by atoms with Crippen molar-refractivity contribution in [2.45, 2.75) is 25.6 Å². The molecule has 1 aromatic carbocycles. The topological polar surface area (TPSA) is 69.4 Å². The van der Waals surface area contributed by atoms with Crippen LogP contribution in [0.4, 0.5) is 4.39 Å². The van der Waals surface area contributed by atoms with Gasteiger partial charge in [-0.2, -0.15) is 4.98 Å². The summed E-state index contributed by atoms with van der Waals surface area (Å²) in [5, 5.41) is 7.24. The predicted molar refractivity (Wildman–Crippen MR) is 80.4 cm³/mol. The summed E-state index contributed by atoms with van der Waals surface area (Å²) in [5.74, 6) is 1.33. The highest BCUT2D eigenvalue weighted by atomic mass is 19.1. The van der Waals surface area contributed by atoms with Gasteiger partial charge in [-0.25, -0.2) is 4.39 Å². The van der Waals surface area contributed by atoms with Gasteiger partial charge >= 0.3 is 0 Å². The molecule has 0 bridgehead atoms. The molecule has 1 fully saturated rings. The monoisotopic (exact) mass is 321 g/mol. The molecule has 0 amide bonds. The standard InChI is InChI=1S/C16H20FN3O3/c1-21-15(11-5-7-18-8-6-11)16-19-14(20-23-16)10-22-13-4-2-3-12(17)9-13/h2-4,9,11,15,18H,5-8,10H2,1H3. The smallest absolute Gasteiger partial charge is 0.256 e. The molecule has 2 aromatic rings. The third kappa shape index (κ3) is 4.05. The van der Waals surface area contributed by atoms with E-state index in [9.17, 15) is 4.39 Å². The molecule has 1 saturated heterocycles. The molecule has 1 unspecified atom stereocenters. The van der Waals surface area contributed by atoms with Crippen LogP contribution in [0.15, 0.2) is 28.8 Å². The minimum atomic E-state index is -0.346. The van der Waals surface area contributed by atoms with Gasteiger partial charge in [0, 0.05) is 13.2 Å². The maximum atomic E-state index is 13.1. The molecule has 3 rings (SSSR count). The van der Waals surface area contributed by atoms with E-state index in [0.717, 1.165) is 25.9 Å². The fourth-order valence-corrected chi connectivity index (χ4v) is 2.79. The Morgan fingerprint density at radius 2 is 2.22 bits per heavy atom. The molecule has 0 saturated carbocycles. The van der Waals surface area contributed by atoms with E-state index in [2.05, 4.69) is 15.5 Å². The number of hydrogen-bond donors (Lipinski definition) is 1. The Morgan fingerprint density at radius 1 is 1.39 bits per heavy atom. The fraction of sp³-hybridized carbons (Fsp3) is 0.500. The maximum Gasteiger partial charge on any atom is 0.256 e. The van der Waals surface area contributed by atoms with Crippen molar-refractivity contribution in [3.63, 3.8) is 0 Å². The summed E-state index contributed by atoms with van der Waals surface area (Å²) < 4.78 is 29.4. The van der Waals surface area contributed by atoms with Crippen LogP contribution < -0.4 is 10.1 Å². The molecule has 0 radical (unpaired) electrons. The van der Waals surface area contributed by atoms with Crippen molar-refractivity contribution in [2.24, 2.45) is 5.92 Å². The van der Waals surface area contributed by atoms with Gasteiger partial charge in [0.15, 0.2) is 6.61 Å². The third-order valence-electron chi connectivity index (χ3n) is 3.96. The zero-order valence-electron chi connectivity index (χ0n) is 13.0. The van der Waals surface area contributed by atoms with Crippen molar-refractivity contribution < 1.29 is 18.4 Å². The Hall–Kier alpha value is -1.99. The molecule has 23 heavy (non-hydrogen) atoms. The number of methoxy groups -OCH3 is 1. The van der Waals surface area contributed by atoms with E-state index in [1.54, 1.807) is 19.2 Å². The van der Waals surface area contributed by atoms with Gasteiger partial charge in [-0.3, -0.25) is 0 Å². The number of hydrogen-bond acceptors (Lipinski definition) is 6. The quantitative estimate of drug-likeness (QED) is 0.881. The second-order valence-electron chi connectivity index (χ2n) is 5.54. The number of benzene rings is 1. The lowest BCUT2D eigenvalue weighted by Crippen LogP contribution is -2.31. The van der Waals surface area contributed by atoms with E-state index in [-0.39, 0.29) is 18.5 Å². The lowest BCUT2D eigenvalue weighted by Gasteiger charge is -2.27. The highest BCUT2D eigenvalue weighted by molar-refractivity contribution is 5.22. The number of rotatable bonds is 6. The normalized spacial score (nSPS) is 17.1. The Bertz CT molecular complexity index is 629. The predicted octanol–water partition coefficient (Wildman–Crippen LogP) is 2.47. The summed E-state index contributed by atoms with van der Waals surface area (Å²) in [6, 6.07) is 5.94. The van der Waals surface area contributed by atoms with Crippen LogP contribution >= 0.6 is 0 Å². The van der Waals surface area contributed by atoms with Crippen LogP contribution in [0.3, 0.4) is 0 Å². The van der Waals surface area contributed by atoms with Crippen molar-refractivity contribution in [3.05, 3.63) is 41.8 Å². The summed E-state index contributed by atoms with van der Waals surface area (Å²) >= 11 is 0. The molecule has 0 aliphatic carbocycles. The molecule has 1 N–H and O–H groups in total. The van der Waals surface area contributed by atoms with E-state index in [0.29, 0.717) is 23.4 Å². The summed E-state index contributed by atoms with van der Waals surface area (Å²) in [6.45, 7) is 2.05. The second-order valence-corrected chi connectivity index (χ2v) is 5.54. The highest BCUT2D eigenvalue weighted by Crippen LogP contribution is 2.30. The fourth-order valence-electron chi connectivity index (χ4n) is 2.79. The highest BCUT2D eigenvalue weighted by Gasteiger charge is 2.29. The van der Waals surface area contributed by atoms with Gasteiger partial charge in [-0.15, -0.1) is 0 Å². The third-order valence-corrected chi connectivity index (χ3v) is 3.96. The van der Waals surface area contributed by atoms with Crippen molar-refractivity contribution >= 4 is 0 Å². The van der Waals surface area contributed by atoms with Gasteiger partial charge in [0.05, 0.1) is 0 Å². The lowest BCUT2D eigenvalue weighted by atomic mass is 9.92. The Morgan fingerprint density at radius 3 is 2.96 bits per heavy atom.